The molecule has 0 aliphatic rings. The normalized spacial score (nSPS) is 13.0. The lowest BCUT2D eigenvalue weighted by atomic mass is 9.96. The number of hydrazine groups is 1. The third-order valence-electron chi connectivity index (χ3n) is 3.65. The van der Waals surface area contributed by atoms with Gasteiger partial charge in [-0.3, -0.25) is 5.84 Å². The number of hydrogen-bond donors (Lipinski definition) is 2. The van der Waals surface area contributed by atoms with Gasteiger partial charge in [-0.15, -0.1) is 5.10 Å². The number of nitrogens with zero attached hydrogens (tertiary/aromatic N) is 2. The summed E-state index contributed by atoms with van der Waals surface area (Å²) in [5.41, 5.74) is 5.10. The third kappa shape index (κ3) is 2.55. The van der Waals surface area contributed by atoms with Crippen molar-refractivity contribution >= 4 is 22.3 Å². The molecule has 0 spiro atoms. The topological polar surface area (TPSA) is 63.8 Å². The van der Waals surface area contributed by atoms with Crippen molar-refractivity contribution in [2.75, 3.05) is 0 Å². The first kappa shape index (κ1) is 14.1. The molecule has 21 heavy (non-hydrogen) atoms. The minimum atomic E-state index is -0.0894. The Bertz CT molecular complexity index is 745. The van der Waals surface area contributed by atoms with E-state index in [1.807, 2.05) is 12.1 Å². The molecule has 0 saturated heterocycles. The highest BCUT2D eigenvalue weighted by molar-refractivity contribution is 7.05. The maximum absolute atomic E-state index is 5.86. The zero-order valence-electron chi connectivity index (χ0n) is 12.1. The summed E-state index contributed by atoms with van der Waals surface area (Å²) in [6.07, 6.45) is 0. The first-order valence-electron chi connectivity index (χ1n) is 6.98. The van der Waals surface area contributed by atoms with E-state index in [9.17, 15) is 0 Å². The fraction of sp³-hybridized carbons (Fsp3) is 0.250. The smallest absolute Gasteiger partial charge is 0.0843 e. The van der Waals surface area contributed by atoms with Crippen molar-refractivity contribution in [2.45, 2.75) is 25.8 Å². The summed E-state index contributed by atoms with van der Waals surface area (Å²) in [6.45, 7) is 4.24. The number of fused-ring (bicyclic) bond motifs is 1. The molecule has 1 heterocycles. The molecule has 4 nitrogen and oxygen atoms in total. The van der Waals surface area contributed by atoms with Gasteiger partial charge in [0.1, 0.15) is 0 Å². The zero-order chi connectivity index (χ0) is 14.8. The van der Waals surface area contributed by atoms with Crippen LogP contribution < -0.4 is 11.3 Å². The second-order valence-corrected chi connectivity index (χ2v) is 6.13. The van der Waals surface area contributed by atoms with Crippen LogP contribution in [-0.2, 0) is 0 Å². The van der Waals surface area contributed by atoms with E-state index >= 15 is 0 Å². The van der Waals surface area contributed by atoms with E-state index in [2.05, 4.69) is 59.2 Å². The Morgan fingerprint density at radius 3 is 2.62 bits per heavy atom. The van der Waals surface area contributed by atoms with Crippen LogP contribution in [0.1, 0.15) is 41.9 Å². The van der Waals surface area contributed by atoms with E-state index in [4.69, 9.17) is 5.84 Å². The Hall–Kier alpha value is -1.82. The molecule has 3 aromatic rings. The molecule has 108 valence electrons. The summed E-state index contributed by atoms with van der Waals surface area (Å²) in [6, 6.07) is 14.5. The second kappa shape index (κ2) is 5.89. The first-order valence-corrected chi connectivity index (χ1v) is 7.75. The maximum Gasteiger partial charge on any atom is 0.0843 e. The molecular formula is C16H18N4S. The fourth-order valence-corrected chi connectivity index (χ4v) is 3.50. The standard InChI is InChI=1S/C16H18N4S/c1-10(2)14-16(21-20-19-14)15(18-17)13-9-5-7-11-6-3-4-8-12(11)13/h3-10,15,18H,17H2,1-2H3. The summed E-state index contributed by atoms with van der Waals surface area (Å²) in [5.74, 6) is 6.18. The molecule has 0 amide bonds. The van der Waals surface area contributed by atoms with E-state index < -0.39 is 0 Å². The van der Waals surface area contributed by atoms with Crippen molar-refractivity contribution in [2.24, 2.45) is 5.84 Å². The van der Waals surface area contributed by atoms with Gasteiger partial charge in [-0.1, -0.05) is 60.8 Å². The number of aromatic nitrogens is 2. The van der Waals surface area contributed by atoms with Gasteiger partial charge in [0.15, 0.2) is 0 Å². The molecule has 2 aromatic carbocycles. The van der Waals surface area contributed by atoms with Crippen LogP contribution in [0.25, 0.3) is 10.8 Å². The molecule has 3 rings (SSSR count). The molecule has 1 aromatic heterocycles. The molecule has 1 atom stereocenters. The van der Waals surface area contributed by atoms with E-state index in [1.54, 1.807) is 0 Å². The maximum atomic E-state index is 5.86. The molecule has 1 unspecified atom stereocenters. The number of hydrogen-bond acceptors (Lipinski definition) is 5. The van der Waals surface area contributed by atoms with Crippen LogP contribution in [0.3, 0.4) is 0 Å². The average Bonchev–Trinajstić information content (AvgIpc) is 2.98. The van der Waals surface area contributed by atoms with Crippen LogP contribution >= 0.6 is 11.5 Å². The molecule has 0 bridgehead atoms. The summed E-state index contributed by atoms with van der Waals surface area (Å²) in [7, 11) is 0. The quantitative estimate of drug-likeness (QED) is 0.572. The van der Waals surface area contributed by atoms with Gasteiger partial charge in [-0.2, -0.15) is 0 Å². The number of nitrogens with one attached hydrogen (secondary N) is 1. The van der Waals surface area contributed by atoms with Crippen LogP contribution in [0.2, 0.25) is 0 Å². The largest absolute Gasteiger partial charge is 0.271 e. The van der Waals surface area contributed by atoms with E-state index in [0.29, 0.717) is 5.92 Å². The van der Waals surface area contributed by atoms with Crippen molar-refractivity contribution in [3.63, 3.8) is 0 Å². The number of benzene rings is 2. The number of nitrogens with two attached hydrogens (primary N) is 1. The lowest BCUT2D eigenvalue weighted by Gasteiger charge is -2.18. The molecule has 0 saturated carbocycles. The summed E-state index contributed by atoms with van der Waals surface area (Å²) in [4.78, 5) is 1.09. The van der Waals surface area contributed by atoms with Crippen LogP contribution in [0, 0.1) is 0 Å². The second-order valence-electron chi connectivity index (χ2n) is 5.35. The van der Waals surface area contributed by atoms with Gasteiger partial charge < -0.3 is 0 Å². The van der Waals surface area contributed by atoms with E-state index in [-0.39, 0.29) is 6.04 Å². The average molecular weight is 298 g/mol. The molecule has 5 heteroatoms. The molecular weight excluding hydrogens is 280 g/mol. The van der Waals surface area contributed by atoms with Crippen molar-refractivity contribution in [1.29, 1.82) is 0 Å². The van der Waals surface area contributed by atoms with Gasteiger partial charge in [0.05, 0.1) is 16.6 Å². The number of rotatable bonds is 4. The third-order valence-corrected chi connectivity index (χ3v) is 4.46. The molecule has 0 aliphatic carbocycles. The highest BCUT2D eigenvalue weighted by atomic mass is 32.1. The Balaban J connectivity index is 2.17. The Morgan fingerprint density at radius 2 is 1.86 bits per heavy atom. The lowest BCUT2D eigenvalue weighted by molar-refractivity contribution is 0.635. The van der Waals surface area contributed by atoms with Gasteiger partial charge in [0.25, 0.3) is 0 Å². The van der Waals surface area contributed by atoms with Gasteiger partial charge >= 0.3 is 0 Å². The van der Waals surface area contributed by atoms with Gasteiger partial charge in [-0.05, 0) is 33.8 Å². The summed E-state index contributed by atoms with van der Waals surface area (Å²) >= 11 is 1.41. The highest BCUT2D eigenvalue weighted by Crippen LogP contribution is 2.33. The minimum absolute atomic E-state index is 0.0894. The predicted molar refractivity (Wildman–Crippen MR) is 87.1 cm³/mol. The van der Waals surface area contributed by atoms with Crippen LogP contribution in [-0.4, -0.2) is 9.59 Å². The lowest BCUT2D eigenvalue weighted by Crippen LogP contribution is -2.29. The molecule has 0 aliphatic heterocycles. The van der Waals surface area contributed by atoms with Crippen molar-refractivity contribution in [3.05, 3.63) is 58.6 Å². The summed E-state index contributed by atoms with van der Waals surface area (Å²) in [5, 5.41) is 6.67. The Labute approximate surface area is 128 Å². The zero-order valence-corrected chi connectivity index (χ0v) is 12.9. The SMILES string of the molecule is CC(C)c1nnsc1C(NN)c1cccc2ccccc12. The van der Waals surface area contributed by atoms with Crippen LogP contribution in [0.15, 0.2) is 42.5 Å². The van der Waals surface area contributed by atoms with Gasteiger partial charge in [-0.25, -0.2) is 5.43 Å². The van der Waals surface area contributed by atoms with Crippen LogP contribution in [0.5, 0.6) is 0 Å². The first-order chi connectivity index (χ1) is 10.2. The molecule has 0 radical (unpaired) electrons. The van der Waals surface area contributed by atoms with Gasteiger partial charge in [0.2, 0.25) is 0 Å². The highest BCUT2D eigenvalue weighted by Gasteiger charge is 2.23. The monoisotopic (exact) mass is 298 g/mol. The Kier molecular flexibility index (Phi) is 3.96. The van der Waals surface area contributed by atoms with E-state index in [1.165, 1.54) is 22.3 Å². The predicted octanol–water partition coefficient (Wildman–Crippen LogP) is 3.37. The minimum Gasteiger partial charge on any atom is -0.271 e. The molecule has 0 fully saturated rings. The summed E-state index contributed by atoms with van der Waals surface area (Å²) < 4.78 is 4.11. The molecule has 3 N–H and O–H groups in total. The Morgan fingerprint density at radius 1 is 1.10 bits per heavy atom. The fourth-order valence-electron chi connectivity index (χ4n) is 2.61. The van der Waals surface area contributed by atoms with Crippen LogP contribution in [0.4, 0.5) is 0 Å². The van der Waals surface area contributed by atoms with Crippen molar-refractivity contribution in [1.82, 2.24) is 15.0 Å². The van der Waals surface area contributed by atoms with Crippen molar-refractivity contribution < 1.29 is 0 Å². The van der Waals surface area contributed by atoms with Crippen molar-refractivity contribution in [3.8, 4) is 0 Å². The van der Waals surface area contributed by atoms with E-state index in [0.717, 1.165) is 16.1 Å². The van der Waals surface area contributed by atoms with Gasteiger partial charge in [0, 0.05) is 0 Å².